The van der Waals surface area contributed by atoms with Gasteiger partial charge in [-0.1, -0.05) is 24.3 Å². The number of aryl methyl sites for hydroxylation is 1. The van der Waals surface area contributed by atoms with Gasteiger partial charge in [0.1, 0.15) is 0 Å². The first kappa shape index (κ1) is 15.1. The summed E-state index contributed by atoms with van der Waals surface area (Å²) in [7, 11) is 0. The lowest BCUT2D eigenvalue weighted by Gasteiger charge is -2.10. The molecule has 0 atom stereocenters. The summed E-state index contributed by atoms with van der Waals surface area (Å²) in [4.78, 5) is 8.72. The number of nitrogens with one attached hydrogen (secondary N) is 1. The maximum atomic E-state index is 4.39. The molecule has 2 aromatic carbocycles. The van der Waals surface area contributed by atoms with E-state index < -0.39 is 0 Å². The zero-order valence-corrected chi connectivity index (χ0v) is 14.7. The molecule has 3 heterocycles. The second kappa shape index (κ2) is 5.99. The van der Waals surface area contributed by atoms with Crippen LogP contribution in [0, 0.1) is 0 Å². The van der Waals surface area contributed by atoms with E-state index in [1.165, 1.54) is 27.4 Å². The third-order valence-electron chi connectivity index (χ3n) is 5.17. The van der Waals surface area contributed by atoms with Gasteiger partial charge in [0.25, 0.3) is 0 Å². The molecule has 0 spiro atoms. The smallest absolute Gasteiger partial charge is 0.0819 e. The first-order valence-electron chi connectivity index (χ1n) is 9.06. The van der Waals surface area contributed by atoms with Crippen molar-refractivity contribution in [1.82, 2.24) is 9.55 Å². The Balaban J connectivity index is 1.52. The average Bonchev–Trinajstić information content (AvgIpc) is 3.28. The molecule has 0 saturated heterocycles. The summed E-state index contributed by atoms with van der Waals surface area (Å²) >= 11 is 0. The second-order valence-corrected chi connectivity index (χ2v) is 6.66. The predicted molar refractivity (Wildman–Crippen MR) is 108 cm³/mol. The van der Waals surface area contributed by atoms with Crippen LogP contribution in [-0.2, 0) is 19.6 Å². The van der Waals surface area contributed by atoms with Crippen LogP contribution >= 0.6 is 0 Å². The minimum Gasteiger partial charge on any atom is -0.380 e. The fraction of sp³-hybridized carbons (Fsp3) is 0.182. The molecular weight excluding hydrogens is 320 g/mol. The first-order chi connectivity index (χ1) is 12.8. The number of hydrogen-bond donors (Lipinski definition) is 1. The fourth-order valence-electron chi connectivity index (χ4n) is 3.91. The van der Waals surface area contributed by atoms with Crippen molar-refractivity contribution in [2.75, 3.05) is 5.32 Å². The molecule has 0 amide bonds. The van der Waals surface area contributed by atoms with E-state index >= 15 is 0 Å². The van der Waals surface area contributed by atoms with Crippen LogP contribution < -0.4 is 5.32 Å². The summed E-state index contributed by atoms with van der Waals surface area (Å²) < 4.78 is 2.38. The van der Waals surface area contributed by atoms with Gasteiger partial charge in [-0.05, 0) is 36.8 Å². The third kappa shape index (κ3) is 2.30. The molecule has 4 aromatic rings. The third-order valence-corrected chi connectivity index (χ3v) is 5.17. The Kier molecular flexibility index (Phi) is 3.49. The Hall–Kier alpha value is -3.14. The number of anilines is 1. The SMILES string of the molecule is CCn1c2ccccc2c2cc(CNc3ccnc4c3C=NC4)ccc21. The van der Waals surface area contributed by atoms with Crippen molar-refractivity contribution < 1.29 is 0 Å². The summed E-state index contributed by atoms with van der Waals surface area (Å²) in [5.74, 6) is 0. The zero-order valence-electron chi connectivity index (χ0n) is 14.7. The molecule has 0 aliphatic carbocycles. The summed E-state index contributed by atoms with van der Waals surface area (Å²) in [6.07, 6.45) is 3.77. The Labute approximate surface area is 152 Å². The summed E-state index contributed by atoms with van der Waals surface area (Å²) in [6.45, 7) is 4.65. The number of fused-ring (bicyclic) bond motifs is 4. The van der Waals surface area contributed by atoms with E-state index in [2.05, 4.69) is 69.2 Å². The molecule has 0 unspecified atom stereocenters. The monoisotopic (exact) mass is 340 g/mol. The lowest BCUT2D eigenvalue weighted by Crippen LogP contribution is -2.03. The molecular formula is C22H20N4. The topological polar surface area (TPSA) is 42.2 Å². The quantitative estimate of drug-likeness (QED) is 0.582. The molecule has 1 aliphatic rings. The van der Waals surface area contributed by atoms with E-state index in [1.807, 2.05) is 18.5 Å². The van der Waals surface area contributed by atoms with E-state index in [9.17, 15) is 0 Å². The largest absolute Gasteiger partial charge is 0.380 e. The second-order valence-electron chi connectivity index (χ2n) is 6.66. The highest BCUT2D eigenvalue weighted by Crippen LogP contribution is 2.30. The molecule has 1 aliphatic heterocycles. The Morgan fingerprint density at radius 3 is 2.85 bits per heavy atom. The Morgan fingerprint density at radius 1 is 1.04 bits per heavy atom. The van der Waals surface area contributed by atoms with E-state index in [4.69, 9.17) is 0 Å². The van der Waals surface area contributed by atoms with Gasteiger partial charge < -0.3 is 9.88 Å². The number of para-hydroxylation sites is 1. The minimum atomic E-state index is 0.688. The summed E-state index contributed by atoms with van der Waals surface area (Å²) in [5.41, 5.74) is 7.16. The summed E-state index contributed by atoms with van der Waals surface area (Å²) in [5, 5.41) is 6.20. The van der Waals surface area contributed by atoms with Crippen molar-refractivity contribution in [2.24, 2.45) is 4.99 Å². The van der Waals surface area contributed by atoms with Crippen LogP contribution in [0.1, 0.15) is 23.7 Å². The molecule has 5 rings (SSSR count). The molecule has 0 fully saturated rings. The Bertz CT molecular complexity index is 1150. The molecule has 0 saturated carbocycles. The first-order valence-corrected chi connectivity index (χ1v) is 9.06. The predicted octanol–water partition coefficient (Wildman–Crippen LogP) is 4.75. The molecule has 26 heavy (non-hydrogen) atoms. The van der Waals surface area contributed by atoms with E-state index in [1.54, 1.807) is 0 Å². The normalized spacial score (nSPS) is 12.8. The van der Waals surface area contributed by atoms with Gasteiger partial charge >= 0.3 is 0 Å². The maximum Gasteiger partial charge on any atom is 0.0819 e. The van der Waals surface area contributed by atoms with E-state index in [0.29, 0.717) is 6.54 Å². The van der Waals surface area contributed by atoms with Crippen LogP contribution in [0.4, 0.5) is 5.69 Å². The average molecular weight is 340 g/mol. The number of rotatable bonds is 4. The fourth-order valence-corrected chi connectivity index (χ4v) is 3.91. The lowest BCUT2D eigenvalue weighted by molar-refractivity contribution is 0.827. The van der Waals surface area contributed by atoms with Gasteiger partial charge in [0, 0.05) is 58.6 Å². The highest BCUT2D eigenvalue weighted by atomic mass is 15.0. The number of nitrogens with zero attached hydrogens (tertiary/aromatic N) is 3. The van der Waals surface area contributed by atoms with Gasteiger partial charge in [-0.15, -0.1) is 0 Å². The van der Waals surface area contributed by atoms with Crippen molar-refractivity contribution >= 4 is 33.7 Å². The molecule has 0 radical (unpaired) electrons. The Morgan fingerprint density at radius 2 is 1.92 bits per heavy atom. The van der Waals surface area contributed by atoms with Crippen molar-refractivity contribution in [3.05, 3.63) is 71.5 Å². The van der Waals surface area contributed by atoms with Gasteiger partial charge in [-0.3, -0.25) is 9.98 Å². The molecule has 0 bridgehead atoms. The molecule has 128 valence electrons. The highest BCUT2D eigenvalue weighted by molar-refractivity contribution is 6.08. The van der Waals surface area contributed by atoms with E-state index in [0.717, 1.165) is 30.0 Å². The number of benzene rings is 2. The van der Waals surface area contributed by atoms with E-state index in [-0.39, 0.29) is 0 Å². The number of aromatic nitrogens is 2. The van der Waals surface area contributed by atoms with Gasteiger partial charge in [-0.25, -0.2) is 0 Å². The van der Waals surface area contributed by atoms with Crippen LogP contribution in [0.15, 0.2) is 59.7 Å². The minimum absolute atomic E-state index is 0.688. The number of aliphatic imine (C=N–C) groups is 1. The van der Waals surface area contributed by atoms with Crippen LogP contribution in [0.5, 0.6) is 0 Å². The highest BCUT2D eigenvalue weighted by Gasteiger charge is 2.13. The van der Waals surface area contributed by atoms with Crippen LogP contribution in [0.3, 0.4) is 0 Å². The van der Waals surface area contributed by atoms with Crippen LogP contribution in [0.2, 0.25) is 0 Å². The molecule has 4 heteroatoms. The van der Waals surface area contributed by atoms with Crippen molar-refractivity contribution in [1.29, 1.82) is 0 Å². The number of pyridine rings is 1. The van der Waals surface area contributed by atoms with Gasteiger partial charge in [0.2, 0.25) is 0 Å². The standard InChI is InChI=1S/C22H20N4/c1-2-26-21-6-4-3-5-16(21)17-11-15(7-8-22(17)26)12-25-19-9-10-24-20-14-23-13-18(19)20/h3-11,13H,2,12,14H2,1H3,(H,24,25). The van der Waals surface area contributed by atoms with Crippen molar-refractivity contribution in [2.45, 2.75) is 26.6 Å². The van der Waals surface area contributed by atoms with Crippen LogP contribution in [0.25, 0.3) is 21.8 Å². The van der Waals surface area contributed by atoms with Crippen LogP contribution in [-0.4, -0.2) is 15.8 Å². The molecule has 2 aromatic heterocycles. The van der Waals surface area contributed by atoms with Crippen molar-refractivity contribution in [3.8, 4) is 0 Å². The van der Waals surface area contributed by atoms with Gasteiger partial charge in [0.05, 0.1) is 12.2 Å². The molecule has 4 nitrogen and oxygen atoms in total. The number of hydrogen-bond acceptors (Lipinski definition) is 3. The maximum absolute atomic E-state index is 4.39. The molecule has 1 N–H and O–H groups in total. The van der Waals surface area contributed by atoms with Gasteiger partial charge in [0.15, 0.2) is 0 Å². The summed E-state index contributed by atoms with van der Waals surface area (Å²) in [6, 6.07) is 17.4. The van der Waals surface area contributed by atoms with Crippen molar-refractivity contribution in [3.63, 3.8) is 0 Å². The lowest BCUT2D eigenvalue weighted by atomic mass is 10.1. The zero-order chi connectivity index (χ0) is 17.5. The van der Waals surface area contributed by atoms with Gasteiger partial charge in [-0.2, -0.15) is 0 Å².